The van der Waals surface area contributed by atoms with Crippen molar-refractivity contribution in [3.8, 4) is 0 Å². The number of aryl methyl sites for hydroxylation is 2. The Bertz CT molecular complexity index is 529. The standard InChI is InChI=1S/C17H25NO3S/c1-11(2)9-14(17(20)21)18-16(19)7-8-22-15-6-5-12(3)10-13(15)4/h5-6,10-11,14H,7-9H2,1-4H3,(H,18,19)(H,20,21). The quantitative estimate of drug-likeness (QED) is 0.720. The molecule has 4 nitrogen and oxygen atoms in total. The Balaban J connectivity index is 2.43. The molecule has 0 saturated heterocycles. The first-order valence-electron chi connectivity index (χ1n) is 7.51. The number of aliphatic carboxylic acids is 1. The third kappa shape index (κ3) is 6.52. The summed E-state index contributed by atoms with van der Waals surface area (Å²) in [5.41, 5.74) is 2.42. The lowest BCUT2D eigenvalue weighted by atomic mass is 10.0. The molecule has 0 spiro atoms. The Morgan fingerprint density at radius 2 is 1.95 bits per heavy atom. The van der Waals surface area contributed by atoms with Crippen molar-refractivity contribution in [2.75, 3.05) is 5.75 Å². The molecular formula is C17H25NO3S. The fourth-order valence-electron chi connectivity index (χ4n) is 2.17. The molecule has 0 heterocycles. The molecule has 1 atom stereocenters. The maximum absolute atomic E-state index is 11.9. The highest BCUT2D eigenvalue weighted by molar-refractivity contribution is 7.99. The van der Waals surface area contributed by atoms with E-state index in [1.165, 1.54) is 11.1 Å². The molecule has 0 aromatic heterocycles. The number of rotatable bonds is 8. The molecule has 0 aliphatic carbocycles. The minimum atomic E-state index is -0.968. The summed E-state index contributed by atoms with van der Waals surface area (Å²) < 4.78 is 0. The largest absolute Gasteiger partial charge is 0.480 e. The molecule has 5 heteroatoms. The number of benzene rings is 1. The van der Waals surface area contributed by atoms with E-state index in [0.717, 1.165) is 4.90 Å². The molecule has 1 aromatic rings. The van der Waals surface area contributed by atoms with E-state index in [-0.39, 0.29) is 11.8 Å². The molecule has 0 saturated carbocycles. The number of carbonyl (C=O) groups is 2. The minimum Gasteiger partial charge on any atom is -0.480 e. The van der Waals surface area contributed by atoms with Crippen molar-refractivity contribution in [1.29, 1.82) is 0 Å². The van der Waals surface area contributed by atoms with Crippen LogP contribution in [0, 0.1) is 19.8 Å². The normalized spacial score (nSPS) is 12.2. The van der Waals surface area contributed by atoms with Gasteiger partial charge in [-0.2, -0.15) is 0 Å². The molecule has 0 aliphatic heterocycles. The summed E-state index contributed by atoms with van der Waals surface area (Å²) in [5.74, 6) is -0.301. The average molecular weight is 323 g/mol. The van der Waals surface area contributed by atoms with Crippen LogP contribution in [-0.4, -0.2) is 28.8 Å². The van der Waals surface area contributed by atoms with E-state index in [1.54, 1.807) is 11.8 Å². The van der Waals surface area contributed by atoms with Crippen molar-refractivity contribution >= 4 is 23.6 Å². The van der Waals surface area contributed by atoms with Gasteiger partial charge in [0.2, 0.25) is 5.91 Å². The van der Waals surface area contributed by atoms with E-state index in [9.17, 15) is 9.59 Å². The van der Waals surface area contributed by atoms with E-state index < -0.39 is 12.0 Å². The Hall–Kier alpha value is -1.49. The first kappa shape index (κ1) is 18.6. The average Bonchev–Trinajstić information content (AvgIpc) is 2.40. The van der Waals surface area contributed by atoms with Crippen LogP contribution in [0.15, 0.2) is 23.1 Å². The van der Waals surface area contributed by atoms with Gasteiger partial charge in [-0.15, -0.1) is 11.8 Å². The van der Waals surface area contributed by atoms with Gasteiger partial charge < -0.3 is 10.4 Å². The zero-order valence-corrected chi connectivity index (χ0v) is 14.5. The smallest absolute Gasteiger partial charge is 0.326 e. The van der Waals surface area contributed by atoms with Gasteiger partial charge in [0, 0.05) is 17.1 Å². The van der Waals surface area contributed by atoms with Gasteiger partial charge in [-0.1, -0.05) is 31.5 Å². The molecule has 1 amide bonds. The highest BCUT2D eigenvalue weighted by Gasteiger charge is 2.20. The predicted molar refractivity (Wildman–Crippen MR) is 90.3 cm³/mol. The Labute approximate surface area is 136 Å². The molecule has 0 aliphatic rings. The molecule has 1 unspecified atom stereocenters. The number of hydrogen-bond acceptors (Lipinski definition) is 3. The number of carboxylic acids is 1. The third-order valence-corrected chi connectivity index (χ3v) is 4.43. The number of hydrogen-bond donors (Lipinski definition) is 2. The summed E-state index contributed by atoms with van der Waals surface area (Å²) >= 11 is 1.63. The van der Waals surface area contributed by atoms with Crippen LogP contribution in [0.4, 0.5) is 0 Å². The zero-order valence-electron chi connectivity index (χ0n) is 13.7. The number of nitrogens with one attached hydrogen (secondary N) is 1. The summed E-state index contributed by atoms with van der Waals surface area (Å²) in [6, 6.07) is 5.44. The Kier molecular flexibility index (Phi) is 7.45. The third-order valence-electron chi connectivity index (χ3n) is 3.26. The van der Waals surface area contributed by atoms with Crippen molar-refractivity contribution in [1.82, 2.24) is 5.32 Å². The van der Waals surface area contributed by atoms with Crippen molar-refractivity contribution in [3.63, 3.8) is 0 Å². The van der Waals surface area contributed by atoms with E-state index in [1.807, 2.05) is 13.8 Å². The lowest BCUT2D eigenvalue weighted by Crippen LogP contribution is -2.41. The molecule has 0 fully saturated rings. The van der Waals surface area contributed by atoms with Gasteiger partial charge in [-0.05, 0) is 37.8 Å². The second-order valence-electron chi connectivity index (χ2n) is 5.96. The summed E-state index contributed by atoms with van der Waals surface area (Å²) in [5, 5.41) is 11.7. The topological polar surface area (TPSA) is 66.4 Å². The number of carboxylic acid groups (broad SMARTS) is 1. The highest BCUT2D eigenvalue weighted by atomic mass is 32.2. The molecule has 1 aromatic carbocycles. The summed E-state index contributed by atoms with van der Waals surface area (Å²) in [7, 11) is 0. The SMILES string of the molecule is Cc1ccc(SCCC(=O)NC(CC(C)C)C(=O)O)c(C)c1. The maximum Gasteiger partial charge on any atom is 0.326 e. The van der Waals surface area contributed by atoms with Crippen LogP contribution in [0.2, 0.25) is 0 Å². The van der Waals surface area contributed by atoms with Gasteiger partial charge >= 0.3 is 5.97 Å². The first-order valence-corrected chi connectivity index (χ1v) is 8.50. The van der Waals surface area contributed by atoms with Crippen LogP contribution in [-0.2, 0) is 9.59 Å². The molecule has 0 bridgehead atoms. The van der Waals surface area contributed by atoms with Crippen LogP contribution in [0.5, 0.6) is 0 Å². The van der Waals surface area contributed by atoms with Gasteiger partial charge in [0.05, 0.1) is 0 Å². The maximum atomic E-state index is 11.9. The second kappa shape index (κ2) is 8.83. The molecular weight excluding hydrogens is 298 g/mol. The fraction of sp³-hybridized carbons (Fsp3) is 0.529. The lowest BCUT2D eigenvalue weighted by molar-refractivity contribution is -0.142. The highest BCUT2D eigenvalue weighted by Crippen LogP contribution is 2.23. The molecule has 122 valence electrons. The molecule has 1 rings (SSSR count). The van der Waals surface area contributed by atoms with Crippen LogP contribution in [0.3, 0.4) is 0 Å². The zero-order chi connectivity index (χ0) is 16.7. The Morgan fingerprint density at radius 1 is 1.27 bits per heavy atom. The summed E-state index contributed by atoms with van der Waals surface area (Å²) in [4.78, 5) is 24.2. The van der Waals surface area contributed by atoms with Gasteiger partial charge in [0.15, 0.2) is 0 Å². The van der Waals surface area contributed by atoms with Gasteiger partial charge in [0.1, 0.15) is 6.04 Å². The van der Waals surface area contributed by atoms with E-state index >= 15 is 0 Å². The van der Waals surface area contributed by atoms with Crippen LogP contribution in [0.1, 0.15) is 37.8 Å². The van der Waals surface area contributed by atoms with Crippen LogP contribution in [0.25, 0.3) is 0 Å². The predicted octanol–water partition coefficient (Wildman–Crippen LogP) is 3.40. The monoisotopic (exact) mass is 323 g/mol. The van der Waals surface area contributed by atoms with Gasteiger partial charge in [-0.25, -0.2) is 4.79 Å². The second-order valence-corrected chi connectivity index (χ2v) is 7.09. The van der Waals surface area contributed by atoms with E-state index in [0.29, 0.717) is 18.6 Å². The number of carbonyl (C=O) groups excluding carboxylic acids is 1. The van der Waals surface area contributed by atoms with Gasteiger partial charge in [0.25, 0.3) is 0 Å². The van der Waals surface area contributed by atoms with Crippen molar-refractivity contribution in [2.24, 2.45) is 5.92 Å². The molecule has 2 N–H and O–H groups in total. The lowest BCUT2D eigenvalue weighted by Gasteiger charge is -2.16. The first-order chi connectivity index (χ1) is 10.3. The Morgan fingerprint density at radius 3 is 2.50 bits per heavy atom. The molecule has 0 radical (unpaired) electrons. The van der Waals surface area contributed by atoms with E-state index in [2.05, 4.69) is 37.4 Å². The fourth-order valence-corrected chi connectivity index (χ4v) is 3.13. The van der Waals surface area contributed by atoms with Crippen LogP contribution >= 0.6 is 11.8 Å². The number of thioether (sulfide) groups is 1. The number of amides is 1. The molecule has 22 heavy (non-hydrogen) atoms. The van der Waals surface area contributed by atoms with Crippen molar-refractivity contribution < 1.29 is 14.7 Å². The van der Waals surface area contributed by atoms with Crippen molar-refractivity contribution in [3.05, 3.63) is 29.3 Å². The van der Waals surface area contributed by atoms with Crippen LogP contribution < -0.4 is 5.32 Å². The summed E-state index contributed by atoms with van der Waals surface area (Å²) in [6.07, 6.45) is 0.769. The van der Waals surface area contributed by atoms with E-state index in [4.69, 9.17) is 5.11 Å². The minimum absolute atomic E-state index is 0.203. The van der Waals surface area contributed by atoms with Crippen molar-refractivity contribution in [2.45, 2.75) is 51.5 Å². The summed E-state index contributed by atoms with van der Waals surface area (Å²) in [6.45, 7) is 7.99. The van der Waals surface area contributed by atoms with Gasteiger partial charge in [-0.3, -0.25) is 4.79 Å².